The third-order valence-electron chi connectivity index (χ3n) is 4.58. The molecule has 0 radical (unpaired) electrons. The van der Waals surface area contributed by atoms with Gasteiger partial charge < -0.3 is 10.6 Å². The molecule has 0 spiro atoms. The molecule has 0 amide bonds. The van der Waals surface area contributed by atoms with Gasteiger partial charge in [-0.05, 0) is 68.7 Å². The maximum Gasteiger partial charge on any atom is 0.191 e. The highest BCUT2D eigenvalue weighted by molar-refractivity contribution is 7.10. The van der Waals surface area contributed by atoms with Crippen molar-refractivity contribution < 1.29 is 0 Å². The van der Waals surface area contributed by atoms with Crippen molar-refractivity contribution in [2.75, 3.05) is 13.1 Å². The maximum absolute atomic E-state index is 4.89. The molecule has 0 saturated heterocycles. The summed E-state index contributed by atoms with van der Waals surface area (Å²) in [5.74, 6) is 3.76. The average Bonchev–Trinajstić information content (AvgIpc) is 3.40. The summed E-state index contributed by atoms with van der Waals surface area (Å²) in [7, 11) is 0. The fourth-order valence-corrected chi connectivity index (χ4v) is 3.80. The molecule has 116 valence electrons. The first kappa shape index (κ1) is 14.9. The van der Waals surface area contributed by atoms with E-state index >= 15 is 0 Å². The molecular weight excluding hydrogens is 278 g/mol. The summed E-state index contributed by atoms with van der Waals surface area (Å²) in [6.07, 6.45) is 5.75. The van der Waals surface area contributed by atoms with Gasteiger partial charge in [0.05, 0.1) is 6.04 Å². The number of guanidine groups is 1. The topological polar surface area (TPSA) is 36.4 Å². The van der Waals surface area contributed by atoms with Crippen LogP contribution in [0.5, 0.6) is 0 Å². The van der Waals surface area contributed by atoms with Crippen LogP contribution >= 0.6 is 11.3 Å². The molecule has 1 aromatic heterocycles. The fraction of sp³-hybridized carbons (Fsp3) is 0.706. The second kappa shape index (κ2) is 6.82. The highest BCUT2D eigenvalue weighted by atomic mass is 32.1. The van der Waals surface area contributed by atoms with E-state index in [4.69, 9.17) is 4.99 Å². The predicted octanol–water partition coefficient (Wildman–Crippen LogP) is 3.80. The average molecular weight is 305 g/mol. The minimum Gasteiger partial charge on any atom is -0.357 e. The van der Waals surface area contributed by atoms with E-state index in [9.17, 15) is 0 Å². The van der Waals surface area contributed by atoms with Gasteiger partial charge in [-0.1, -0.05) is 6.07 Å². The molecule has 2 saturated carbocycles. The van der Waals surface area contributed by atoms with Gasteiger partial charge in [-0.15, -0.1) is 11.3 Å². The van der Waals surface area contributed by atoms with E-state index in [-0.39, 0.29) is 0 Å². The van der Waals surface area contributed by atoms with Gasteiger partial charge in [-0.25, -0.2) is 0 Å². The zero-order valence-electron chi connectivity index (χ0n) is 13.1. The molecule has 1 aromatic rings. The van der Waals surface area contributed by atoms with Crippen molar-refractivity contribution in [1.29, 1.82) is 0 Å². The number of thiophene rings is 1. The number of aliphatic imine (C=N–C) groups is 1. The van der Waals surface area contributed by atoms with Crippen molar-refractivity contribution in [3.8, 4) is 0 Å². The van der Waals surface area contributed by atoms with Crippen LogP contribution in [-0.2, 0) is 0 Å². The third kappa shape index (κ3) is 4.22. The predicted molar refractivity (Wildman–Crippen MR) is 90.8 cm³/mol. The Morgan fingerprint density at radius 2 is 2.05 bits per heavy atom. The van der Waals surface area contributed by atoms with Gasteiger partial charge in [0.15, 0.2) is 5.96 Å². The molecule has 0 bridgehead atoms. The normalized spacial score (nSPS) is 20.6. The molecule has 0 aromatic carbocycles. The summed E-state index contributed by atoms with van der Waals surface area (Å²) in [6.45, 7) is 6.26. The van der Waals surface area contributed by atoms with Crippen LogP contribution in [-0.4, -0.2) is 19.0 Å². The van der Waals surface area contributed by atoms with Crippen molar-refractivity contribution in [1.82, 2.24) is 10.6 Å². The Balaban J connectivity index is 1.58. The smallest absolute Gasteiger partial charge is 0.191 e. The van der Waals surface area contributed by atoms with Gasteiger partial charge in [-0.2, -0.15) is 0 Å². The molecule has 21 heavy (non-hydrogen) atoms. The Morgan fingerprint density at radius 3 is 2.57 bits per heavy atom. The largest absolute Gasteiger partial charge is 0.357 e. The quantitative estimate of drug-likeness (QED) is 0.594. The summed E-state index contributed by atoms with van der Waals surface area (Å²) in [5.41, 5.74) is 0. The van der Waals surface area contributed by atoms with Gasteiger partial charge >= 0.3 is 0 Å². The summed E-state index contributed by atoms with van der Waals surface area (Å²) < 4.78 is 0. The van der Waals surface area contributed by atoms with Crippen LogP contribution in [0, 0.1) is 17.8 Å². The Hall–Kier alpha value is -1.03. The van der Waals surface area contributed by atoms with Gasteiger partial charge in [-0.3, -0.25) is 4.99 Å². The first-order valence-electron chi connectivity index (χ1n) is 8.36. The molecule has 1 heterocycles. The molecule has 2 N–H and O–H groups in total. The molecule has 1 unspecified atom stereocenters. The summed E-state index contributed by atoms with van der Waals surface area (Å²) in [5, 5.41) is 9.07. The number of rotatable bonds is 7. The lowest BCUT2D eigenvalue weighted by molar-refractivity contribution is 0.416. The van der Waals surface area contributed by atoms with Crippen LogP contribution in [0.4, 0.5) is 0 Å². The minimum atomic E-state index is 0.322. The zero-order chi connectivity index (χ0) is 14.7. The van der Waals surface area contributed by atoms with E-state index in [1.54, 1.807) is 11.3 Å². The maximum atomic E-state index is 4.89. The molecule has 1 atom stereocenters. The third-order valence-corrected chi connectivity index (χ3v) is 5.64. The molecule has 2 aliphatic carbocycles. The lowest BCUT2D eigenvalue weighted by Gasteiger charge is -2.18. The Kier molecular flexibility index (Phi) is 4.84. The van der Waals surface area contributed by atoms with Crippen molar-refractivity contribution in [2.45, 2.75) is 45.6 Å². The molecule has 2 fully saturated rings. The first-order chi connectivity index (χ1) is 10.3. The summed E-state index contributed by atoms with van der Waals surface area (Å²) in [4.78, 5) is 6.25. The molecule has 2 aliphatic rings. The summed E-state index contributed by atoms with van der Waals surface area (Å²) in [6, 6.07) is 4.62. The second-order valence-corrected chi connectivity index (χ2v) is 7.42. The zero-order valence-corrected chi connectivity index (χ0v) is 14.0. The number of nitrogens with zero attached hydrogens (tertiary/aromatic N) is 1. The van der Waals surface area contributed by atoms with Crippen molar-refractivity contribution in [2.24, 2.45) is 22.7 Å². The Morgan fingerprint density at radius 1 is 1.33 bits per heavy atom. The van der Waals surface area contributed by atoms with Crippen LogP contribution in [0.1, 0.15) is 50.4 Å². The summed E-state index contributed by atoms with van der Waals surface area (Å²) >= 11 is 1.80. The van der Waals surface area contributed by atoms with E-state index in [2.05, 4.69) is 42.0 Å². The Bertz CT molecular complexity index is 448. The van der Waals surface area contributed by atoms with Crippen LogP contribution in [0.2, 0.25) is 0 Å². The standard InChI is InChI=1S/C17H27N3S/c1-3-18-17(20-12(2)16-5-4-10-21-16)19-11-15(13-6-7-13)14-8-9-14/h4-5,10,12-15H,3,6-9,11H2,1-2H3,(H2,18,19,20). The lowest BCUT2D eigenvalue weighted by atomic mass is 9.98. The second-order valence-electron chi connectivity index (χ2n) is 6.44. The van der Waals surface area contributed by atoms with E-state index in [1.165, 1.54) is 30.6 Å². The van der Waals surface area contributed by atoms with Crippen LogP contribution in [0.3, 0.4) is 0 Å². The van der Waals surface area contributed by atoms with E-state index in [0.29, 0.717) is 6.04 Å². The molecule has 0 aliphatic heterocycles. The Labute approximate surface area is 132 Å². The van der Waals surface area contributed by atoms with Crippen molar-refractivity contribution in [3.63, 3.8) is 0 Å². The van der Waals surface area contributed by atoms with E-state index in [1.807, 2.05) is 0 Å². The van der Waals surface area contributed by atoms with E-state index in [0.717, 1.165) is 36.8 Å². The molecule has 4 heteroatoms. The molecule has 3 rings (SSSR count). The van der Waals surface area contributed by atoms with Gasteiger partial charge in [0.25, 0.3) is 0 Å². The highest BCUT2D eigenvalue weighted by Gasteiger charge is 2.41. The van der Waals surface area contributed by atoms with Crippen LogP contribution in [0.25, 0.3) is 0 Å². The van der Waals surface area contributed by atoms with Crippen LogP contribution in [0.15, 0.2) is 22.5 Å². The van der Waals surface area contributed by atoms with Gasteiger partial charge in [0, 0.05) is 18.0 Å². The van der Waals surface area contributed by atoms with Gasteiger partial charge in [0.1, 0.15) is 0 Å². The minimum absolute atomic E-state index is 0.322. The SMILES string of the molecule is CCNC(=NCC(C1CC1)C1CC1)NC(C)c1cccs1. The van der Waals surface area contributed by atoms with Crippen molar-refractivity contribution in [3.05, 3.63) is 22.4 Å². The number of nitrogens with one attached hydrogen (secondary N) is 2. The number of hydrogen-bond donors (Lipinski definition) is 2. The molecular formula is C17H27N3S. The van der Waals surface area contributed by atoms with Gasteiger partial charge in [0.2, 0.25) is 0 Å². The van der Waals surface area contributed by atoms with Crippen LogP contribution < -0.4 is 10.6 Å². The van der Waals surface area contributed by atoms with E-state index < -0.39 is 0 Å². The number of hydrogen-bond acceptors (Lipinski definition) is 2. The molecule has 3 nitrogen and oxygen atoms in total. The highest BCUT2D eigenvalue weighted by Crippen LogP contribution is 2.49. The lowest BCUT2D eigenvalue weighted by Crippen LogP contribution is -2.39. The first-order valence-corrected chi connectivity index (χ1v) is 9.24. The fourth-order valence-electron chi connectivity index (χ4n) is 3.06. The monoisotopic (exact) mass is 305 g/mol. The van der Waals surface area contributed by atoms with Crippen molar-refractivity contribution >= 4 is 17.3 Å².